The van der Waals surface area contributed by atoms with E-state index in [1.807, 2.05) is 6.07 Å². The molecule has 3 heteroatoms. The number of methoxy groups -OCH3 is 1. The smallest absolute Gasteiger partial charge is 0.119 e. The number of rotatable bonds is 3. The first kappa shape index (κ1) is 11.4. The minimum atomic E-state index is 0.611. The molecule has 1 saturated heterocycles. The molecule has 2 rings (SSSR count). The van der Waals surface area contributed by atoms with Crippen molar-refractivity contribution in [2.45, 2.75) is 19.5 Å². The van der Waals surface area contributed by atoms with Crippen LogP contribution in [0.1, 0.15) is 12.5 Å². The molecule has 0 aliphatic carbocycles. The summed E-state index contributed by atoms with van der Waals surface area (Å²) < 4.78 is 5.24. The molecule has 1 N–H and O–H groups in total. The van der Waals surface area contributed by atoms with E-state index in [4.69, 9.17) is 4.74 Å². The van der Waals surface area contributed by atoms with E-state index in [1.165, 1.54) is 5.56 Å². The monoisotopic (exact) mass is 220 g/mol. The molecule has 0 radical (unpaired) electrons. The molecule has 16 heavy (non-hydrogen) atoms. The molecule has 1 aliphatic heterocycles. The Labute approximate surface area is 97.4 Å². The normalized spacial score (nSPS) is 22.0. The lowest BCUT2D eigenvalue weighted by molar-refractivity contribution is 0.165. The molecule has 1 fully saturated rings. The summed E-state index contributed by atoms with van der Waals surface area (Å²) in [5, 5.41) is 3.41. The average Bonchev–Trinajstić information content (AvgIpc) is 2.32. The molecule has 1 aliphatic rings. The van der Waals surface area contributed by atoms with Gasteiger partial charge < -0.3 is 10.1 Å². The van der Waals surface area contributed by atoms with Gasteiger partial charge in [0, 0.05) is 32.2 Å². The van der Waals surface area contributed by atoms with Gasteiger partial charge in [-0.25, -0.2) is 0 Å². The maximum Gasteiger partial charge on any atom is 0.119 e. The van der Waals surface area contributed by atoms with E-state index in [0.717, 1.165) is 31.9 Å². The lowest BCUT2D eigenvalue weighted by Crippen LogP contribution is -2.49. The number of nitrogens with one attached hydrogen (secondary N) is 1. The molecule has 3 nitrogen and oxygen atoms in total. The summed E-state index contributed by atoms with van der Waals surface area (Å²) in [6.45, 7) is 6.59. The Morgan fingerprint density at radius 1 is 1.50 bits per heavy atom. The summed E-state index contributed by atoms with van der Waals surface area (Å²) in [6.07, 6.45) is 0. The highest BCUT2D eigenvalue weighted by Gasteiger charge is 2.17. The van der Waals surface area contributed by atoms with E-state index >= 15 is 0 Å². The Bertz CT molecular complexity index is 340. The SMILES string of the molecule is COc1cccc(CN2CCNC[C@@H]2C)c1. The second kappa shape index (κ2) is 5.32. The molecule has 0 bridgehead atoms. The van der Waals surface area contributed by atoms with Gasteiger partial charge in [-0.1, -0.05) is 12.1 Å². The molecule has 88 valence electrons. The molecule has 0 unspecified atom stereocenters. The summed E-state index contributed by atoms with van der Waals surface area (Å²) >= 11 is 0. The molecular formula is C13H20N2O. The lowest BCUT2D eigenvalue weighted by Gasteiger charge is -2.33. The molecule has 0 spiro atoms. The summed E-state index contributed by atoms with van der Waals surface area (Å²) in [5.41, 5.74) is 1.33. The van der Waals surface area contributed by atoms with Crippen molar-refractivity contribution in [3.63, 3.8) is 0 Å². The van der Waals surface area contributed by atoms with Crippen LogP contribution in [0.5, 0.6) is 5.75 Å². The van der Waals surface area contributed by atoms with Crippen LogP contribution in [0.25, 0.3) is 0 Å². The van der Waals surface area contributed by atoms with Crippen molar-refractivity contribution in [2.24, 2.45) is 0 Å². The molecule has 1 heterocycles. The van der Waals surface area contributed by atoms with E-state index in [-0.39, 0.29) is 0 Å². The Morgan fingerprint density at radius 3 is 3.12 bits per heavy atom. The lowest BCUT2D eigenvalue weighted by atomic mass is 10.1. The van der Waals surface area contributed by atoms with Crippen LogP contribution in [0, 0.1) is 0 Å². The fraction of sp³-hybridized carbons (Fsp3) is 0.538. The Morgan fingerprint density at radius 2 is 2.38 bits per heavy atom. The summed E-state index contributed by atoms with van der Waals surface area (Å²) in [6, 6.07) is 8.94. The van der Waals surface area contributed by atoms with Crippen molar-refractivity contribution in [1.82, 2.24) is 10.2 Å². The maximum atomic E-state index is 5.24. The van der Waals surface area contributed by atoms with Gasteiger partial charge in [-0.05, 0) is 24.6 Å². The second-order valence-electron chi connectivity index (χ2n) is 4.38. The highest BCUT2D eigenvalue weighted by atomic mass is 16.5. The average molecular weight is 220 g/mol. The zero-order valence-electron chi connectivity index (χ0n) is 10.1. The van der Waals surface area contributed by atoms with E-state index < -0.39 is 0 Å². The van der Waals surface area contributed by atoms with Gasteiger partial charge in [-0.2, -0.15) is 0 Å². The molecule has 1 aromatic rings. The number of hydrogen-bond donors (Lipinski definition) is 1. The summed E-state index contributed by atoms with van der Waals surface area (Å²) in [4.78, 5) is 2.51. The molecule has 0 saturated carbocycles. The van der Waals surface area contributed by atoms with Crippen LogP contribution in [0.4, 0.5) is 0 Å². The third-order valence-corrected chi connectivity index (χ3v) is 3.16. The molecule has 0 amide bonds. The summed E-state index contributed by atoms with van der Waals surface area (Å²) in [7, 11) is 1.71. The minimum Gasteiger partial charge on any atom is -0.497 e. The molecular weight excluding hydrogens is 200 g/mol. The van der Waals surface area contributed by atoms with E-state index in [1.54, 1.807) is 7.11 Å². The van der Waals surface area contributed by atoms with Crippen molar-refractivity contribution in [2.75, 3.05) is 26.7 Å². The first-order valence-corrected chi connectivity index (χ1v) is 5.87. The van der Waals surface area contributed by atoms with Gasteiger partial charge in [0.05, 0.1) is 7.11 Å². The first-order valence-electron chi connectivity index (χ1n) is 5.87. The van der Waals surface area contributed by atoms with Gasteiger partial charge in [0.2, 0.25) is 0 Å². The standard InChI is InChI=1S/C13H20N2O/c1-11-9-14-6-7-15(11)10-12-4-3-5-13(8-12)16-2/h3-5,8,11,14H,6-7,9-10H2,1-2H3/t11-/m0/s1. The van der Waals surface area contributed by atoms with E-state index in [2.05, 4.69) is 35.3 Å². The highest BCUT2D eigenvalue weighted by Crippen LogP contribution is 2.15. The Balaban J connectivity index is 2.01. The number of ether oxygens (including phenoxy) is 1. The maximum absolute atomic E-state index is 5.24. The van der Waals surface area contributed by atoms with Crippen LogP contribution in [0.2, 0.25) is 0 Å². The second-order valence-corrected chi connectivity index (χ2v) is 4.38. The van der Waals surface area contributed by atoms with Gasteiger partial charge >= 0.3 is 0 Å². The molecule has 0 aromatic heterocycles. The van der Waals surface area contributed by atoms with E-state index in [9.17, 15) is 0 Å². The predicted octanol–water partition coefficient (Wildman–Crippen LogP) is 1.49. The van der Waals surface area contributed by atoms with Crippen LogP contribution in [0.15, 0.2) is 24.3 Å². The largest absolute Gasteiger partial charge is 0.497 e. The van der Waals surface area contributed by atoms with Crippen molar-refractivity contribution >= 4 is 0 Å². The van der Waals surface area contributed by atoms with Crippen molar-refractivity contribution in [3.8, 4) is 5.75 Å². The number of piperazine rings is 1. The van der Waals surface area contributed by atoms with Gasteiger partial charge in [-0.15, -0.1) is 0 Å². The number of nitrogens with zero attached hydrogens (tertiary/aromatic N) is 1. The van der Waals surface area contributed by atoms with Crippen LogP contribution in [-0.2, 0) is 6.54 Å². The van der Waals surface area contributed by atoms with Crippen LogP contribution < -0.4 is 10.1 Å². The van der Waals surface area contributed by atoms with Gasteiger partial charge in [0.25, 0.3) is 0 Å². The van der Waals surface area contributed by atoms with Gasteiger partial charge in [0.1, 0.15) is 5.75 Å². The van der Waals surface area contributed by atoms with Crippen LogP contribution >= 0.6 is 0 Å². The van der Waals surface area contributed by atoms with E-state index in [0.29, 0.717) is 6.04 Å². The number of hydrogen-bond acceptors (Lipinski definition) is 3. The van der Waals surface area contributed by atoms with Crippen molar-refractivity contribution in [1.29, 1.82) is 0 Å². The predicted molar refractivity (Wildman–Crippen MR) is 65.7 cm³/mol. The minimum absolute atomic E-state index is 0.611. The highest BCUT2D eigenvalue weighted by molar-refractivity contribution is 5.28. The third-order valence-electron chi connectivity index (χ3n) is 3.16. The van der Waals surface area contributed by atoms with Crippen molar-refractivity contribution in [3.05, 3.63) is 29.8 Å². The third kappa shape index (κ3) is 2.74. The zero-order chi connectivity index (χ0) is 11.4. The Kier molecular flexibility index (Phi) is 3.80. The first-order chi connectivity index (χ1) is 7.79. The molecule has 1 atom stereocenters. The fourth-order valence-electron chi connectivity index (χ4n) is 2.12. The Hall–Kier alpha value is -1.06. The topological polar surface area (TPSA) is 24.5 Å². The summed E-state index contributed by atoms with van der Waals surface area (Å²) in [5.74, 6) is 0.945. The fourth-order valence-corrected chi connectivity index (χ4v) is 2.12. The van der Waals surface area contributed by atoms with Crippen molar-refractivity contribution < 1.29 is 4.74 Å². The van der Waals surface area contributed by atoms with Gasteiger partial charge in [0.15, 0.2) is 0 Å². The van der Waals surface area contributed by atoms with Crippen LogP contribution in [0.3, 0.4) is 0 Å². The zero-order valence-corrected chi connectivity index (χ0v) is 10.1. The van der Waals surface area contributed by atoms with Crippen LogP contribution in [-0.4, -0.2) is 37.7 Å². The number of benzene rings is 1. The quantitative estimate of drug-likeness (QED) is 0.835. The molecule has 1 aromatic carbocycles. The van der Waals surface area contributed by atoms with Gasteiger partial charge in [-0.3, -0.25) is 4.90 Å².